The molecule has 1 aliphatic heterocycles. The number of aromatic amines is 1. The van der Waals surface area contributed by atoms with Gasteiger partial charge in [0.05, 0.1) is 11.1 Å². The number of nitriles is 1. The number of allylic oxidation sites excluding steroid dienone is 1. The highest BCUT2D eigenvalue weighted by atomic mass is 16.4. The van der Waals surface area contributed by atoms with Gasteiger partial charge < -0.3 is 10.0 Å². The van der Waals surface area contributed by atoms with Crippen LogP contribution < -0.4 is 0 Å². The van der Waals surface area contributed by atoms with Crippen LogP contribution in [-0.4, -0.2) is 38.9 Å². The van der Waals surface area contributed by atoms with Crippen molar-refractivity contribution in [1.82, 2.24) is 15.1 Å². The molecule has 6 heteroatoms. The Balaban J connectivity index is 1.97. The fourth-order valence-electron chi connectivity index (χ4n) is 3.56. The fourth-order valence-corrected chi connectivity index (χ4v) is 3.56. The van der Waals surface area contributed by atoms with Crippen LogP contribution in [0.1, 0.15) is 44.7 Å². The monoisotopic (exact) mass is 338 g/mol. The zero-order chi connectivity index (χ0) is 17.8. The topological polar surface area (TPSA) is 93.0 Å². The smallest absolute Gasteiger partial charge is 0.407 e. The molecule has 6 nitrogen and oxygen atoms in total. The maximum atomic E-state index is 11.5. The molecule has 1 fully saturated rings. The number of carbonyl (C=O) groups is 1. The molecule has 1 saturated heterocycles. The largest absolute Gasteiger partial charge is 0.465 e. The van der Waals surface area contributed by atoms with Gasteiger partial charge in [-0.2, -0.15) is 10.4 Å². The highest BCUT2D eigenvalue weighted by Gasteiger charge is 2.30. The second-order valence-electron chi connectivity index (χ2n) is 6.43. The molecule has 3 rings (SSSR count). The van der Waals surface area contributed by atoms with Crippen molar-refractivity contribution in [3.63, 3.8) is 0 Å². The van der Waals surface area contributed by atoms with Gasteiger partial charge in [-0.15, -0.1) is 0 Å². The van der Waals surface area contributed by atoms with Crippen molar-refractivity contribution < 1.29 is 9.90 Å². The van der Waals surface area contributed by atoms with E-state index in [0.29, 0.717) is 30.7 Å². The number of aromatic nitrogens is 2. The summed E-state index contributed by atoms with van der Waals surface area (Å²) in [6.07, 6.45) is 3.15. The van der Waals surface area contributed by atoms with Crippen LogP contribution in [0, 0.1) is 11.3 Å². The highest BCUT2D eigenvalue weighted by Crippen LogP contribution is 2.33. The molecule has 25 heavy (non-hydrogen) atoms. The van der Waals surface area contributed by atoms with Gasteiger partial charge in [0.25, 0.3) is 0 Å². The minimum Gasteiger partial charge on any atom is -0.465 e. The Morgan fingerprint density at radius 1 is 1.48 bits per heavy atom. The van der Waals surface area contributed by atoms with Gasteiger partial charge in [-0.1, -0.05) is 38.0 Å². The van der Waals surface area contributed by atoms with E-state index >= 15 is 0 Å². The average Bonchev–Trinajstić information content (AvgIpc) is 3.04. The summed E-state index contributed by atoms with van der Waals surface area (Å²) >= 11 is 0. The van der Waals surface area contributed by atoms with Crippen LogP contribution >= 0.6 is 0 Å². The standard InChI is InChI=1S/C19H22N4O2/c1-2-3-6-14-11-13(9-10-23(14)19(24)25)16(12-20)18-15-7-4-5-8-17(15)21-22-18/h4-5,7-8,14H,2-3,6,9-11H2,1H3,(H,21,22)(H,24,25). The van der Waals surface area contributed by atoms with Crippen LogP contribution in [0.4, 0.5) is 4.79 Å². The van der Waals surface area contributed by atoms with Gasteiger partial charge in [0.15, 0.2) is 0 Å². The summed E-state index contributed by atoms with van der Waals surface area (Å²) in [6.45, 7) is 2.54. The van der Waals surface area contributed by atoms with E-state index in [1.54, 1.807) is 0 Å². The lowest BCUT2D eigenvalue weighted by atomic mass is 9.89. The molecule has 1 amide bonds. The highest BCUT2D eigenvalue weighted by molar-refractivity contribution is 5.94. The van der Waals surface area contributed by atoms with Gasteiger partial charge in [-0.25, -0.2) is 4.79 Å². The van der Waals surface area contributed by atoms with Crippen LogP contribution in [0.5, 0.6) is 0 Å². The number of piperidine rings is 1. The number of hydrogen-bond donors (Lipinski definition) is 2. The quantitative estimate of drug-likeness (QED) is 0.818. The number of amides is 1. The summed E-state index contributed by atoms with van der Waals surface area (Å²) in [7, 11) is 0. The van der Waals surface area contributed by atoms with E-state index in [1.165, 1.54) is 4.90 Å². The van der Waals surface area contributed by atoms with Crippen LogP contribution in [0.3, 0.4) is 0 Å². The number of fused-ring (bicyclic) bond motifs is 1. The van der Waals surface area contributed by atoms with Crippen LogP contribution in [0.25, 0.3) is 16.5 Å². The maximum absolute atomic E-state index is 11.5. The lowest BCUT2D eigenvalue weighted by Crippen LogP contribution is -2.43. The molecule has 0 saturated carbocycles. The third-order valence-corrected chi connectivity index (χ3v) is 4.89. The molecule has 130 valence electrons. The van der Waals surface area contributed by atoms with Crippen molar-refractivity contribution in [2.24, 2.45) is 0 Å². The minimum atomic E-state index is -0.871. The molecular weight excluding hydrogens is 316 g/mol. The maximum Gasteiger partial charge on any atom is 0.407 e. The molecule has 2 N–H and O–H groups in total. The van der Waals surface area contributed by atoms with Crippen LogP contribution in [0.2, 0.25) is 0 Å². The number of likely N-dealkylation sites (tertiary alicyclic amines) is 1. The Hall–Kier alpha value is -2.81. The van der Waals surface area contributed by atoms with Gasteiger partial charge in [0, 0.05) is 18.0 Å². The lowest BCUT2D eigenvalue weighted by molar-refractivity contribution is 0.113. The number of nitrogens with zero attached hydrogens (tertiary/aromatic N) is 3. The summed E-state index contributed by atoms with van der Waals surface area (Å²) in [6, 6.07) is 10.00. The van der Waals surface area contributed by atoms with Gasteiger partial charge in [0.1, 0.15) is 11.8 Å². The van der Waals surface area contributed by atoms with Crippen molar-refractivity contribution in [1.29, 1.82) is 5.26 Å². The first-order chi connectivity index (χ1) is 12.2. The summed E-state index contributed by atoms with van der Waals surface area (Å²) in [4.78, 5) is 13.0. The molecule has 1 atom stereocenters. The Labute approximate surface area is 146 Å². The molecule has 0 bridgehead atoms. The molecule has 1 aromatic carbocycles. The van der Waals surface area contributed by atoms with Gasteiger partial charge in [0.2, 0.25) is 0 Å². The Kier molecular flexibility index (Phi) is 5.03. The molecule has 0 radical (unpaired) electrons. The predicted molar refractivity (Wildman–Crippen MR) is 95.9 cm³/mol. The number of para-hydroxylation sites is 1. The molecule has 2 heterocycles. The number of hydrogen-bond acceptors (Lipinski definition) is 3. The van der Waals surface area contributed by atoms with Crippen molar-refractivity contribution in [2.75, 3.05) is 6.54 Å². The molecule has 0 spiro atoms. The molecule has 2 aromatic rings. The Bertz CT molecular complexity index is 846. The zero-order valence-corrected chi connectivity index (χ0v) is 14.3. The SMILES string of the molecule is CCCCC1CC(=C(C#N)c2n[nH]c3ccccc23)CCN1C(=O)O. The first kappa shape index (κ1) is 17.0. The number of carboxylic acid groups (broad SMARTS) is 1. The van der Waals surface area contributed by atoms with Gasteiger partial charge in [-0.05, 0) is 30.9 Å². The number of unbranched alkanes of at least 4 members (excludes halogenated alkanes) is 1. The lowest BCUT2D eigenvalue weighted by Gasteiger charge is -2.35. The Morgan fingerprint density at radius 3 is 3.00 bits per heavy atom. The third-order valence-electron chi connectivity index (χ3n) is 4.89. The van der Waals surface area contributed by atoms with E-state index in [0.717, 1.165) is 35.7 Å². The average molecular weight is 338 g/mol. The summed E-state index contributed by atoms with van der Waals surface area (Å²) < 4.78 is 0. The van der Waals surface area contributed by atoms with Crippen molar-refractivity contribution >= 4 is 22.6 Å². The van der Waals surface area contributed by atoms with E-state index in [9.17, 15) is 15.2 Å². The number of H-pyrrole nitrogens is 1. The summed E-state index contributed by atoms with van der Waals surface area (Å²) in [5.41, 5.74) is 3.17. The third kappa shape index (κ3) is 3.36. The van der Waals surface area contributed by atoms with Crippen LogP contribution in [-0.2, 0) is 0 Å². The van der Waals surface area contributed by atoms with Crippen LogP contribution in [0.15, 0.2) is 29.8 Å². The molecule has 1 aromatic heterocycles. The zero-order valence-electron chi connectivity index (χ0n) is 14.3. The fraction of sp³-hybridized carbons (Fsp3) is 0.421. The normalized spacial score (nSPS) is 19.7. The Morgan fingerprint density at radius 2 is 2.28 bits per heavy atom. The van der Waals surface area contributed by atoms with E-state index < -0.39 is 6.09 Å². The van der Waals surface area contributed by atoms with E-state index in [2.05, 4.69) is 23.2 Å². The first-order valence-electron chi connectivity index (χ1n) is 8.70. The summed E-state index contributed by atoms with van der Waals surface area (Å²) in [5.74, 6) is 0. The number of benzene rings is 1. The van der Waals surface area contributed by atoms with E-state index in [1.807, 2.05) is 24.3 Å². The van der Waals surface area contributed by atoms with E-state index in [4.69, 9.17) is 0 Å². The van der Waals surface area contributed by atoms with Crippen molar-refractivity contribution in [3.05, 3.63) is 35.5 Å². The first-order valence-corrected chi connectivity index (χ1v) is 8.70. The predicted octanol–water partition coefficient (Wildman–Crippen LogP) is 4.17. The van der Waals surface area contributed by atoms with Gasteiger partial charge in [-0.3, -0.25) is 5.10 Å². The summed E-state index contributed by atoms with van der Waals surface area (Å²) in [5, 5.41) is 27.4. The van der Waals surface area contributed by atoms with Crippen molar-refractivity contribution in [3.8, 4) is 6.07 Å². The number of rotatable bonds is 4. The second-order valence-corrected chi connectivity index (χ2v) is 6.43. The van der Waals surface area contributed by atoms with E-state index in [-0.39, 0.29) is 6.04 Å². The van der Waals surface area contributed by atoms with Gasteiger partial charge >= 0.3 is 6.09 Å². The van der Waals surface area contributed by atoms with Crippen molar-refractivity contribution in [2.45, 2.75) is 45.1 Å². The molecule has 0 aliphatic carbocycles. The molecule has 1 aliphatic rings. The minimum absolute atomic E-state index is 0.0604. The molecule has 1 unspecified atom stereocenters. The molecular formula is C19H22N4O2. The second kappa shape index (κ2) is 7.39. The number of nitrogens with one attached hydrogen (secondary N) is 1.